The molecule has 0 spiro atoms. The number of amides is 11. The summed E-state index contributed by atoms with van der Waals surface area (Å²) in [4.78, 5) is 170. The highest BCUT2D eigenvalue weighted by Crippen LogP contribution is 2.25. The summed E-state index contributed by atoms with van der Waals surface area (Å²) in [6.45, 7) is 29.2. The summed E-state index contributed by atoms with van der Waals surface area (Å²) >= 11 is 0. The van der Waals surface area contributed by atoms with Crippen molar-refractivity contribution >= 4 is 65.0 Å². The van der Waals surface area contributed by atoms with Crippen molar-refractivity contribution in [1.82, 2.24) is 56.0 Å². The van der Waals surface area contributed by atoms with Gasteiger partial charge in [0, 0.05) is 42.3 Å². The van der Waals surface area contributed by atoms with Crippen LogP contribution in [0.1, 0.15) is 175 Å². The van der Waals surface area contributed by atoms with Gasteiger partial charge in [0.15, 0.2) is 0 Å². The third kappa shape index (κ3) is 25.0. The first-order valence-corrected chi connectivity index (χ1v) is 34.2. The van der Waals surface area contributed by atoms with Crippen molar-refractivity contribution in [3.8, 4) is 0 Å². The highest BCUT2D eigenvalue weighted by atomic mass is 16.5. The molecule has 1 aromatic rings. The fourth-order valence-electron chi connectivity index (χ4n) is 12.0. The van der Waals surface area contributed by atoms with Crippen molar-refractivity contribution in [1.29, 1.82) is 0 Å². The van der Waals surface area contributed by atoms with Crippen LogP contribution in [0.2, 0.25) is 0 Å². The minimum Gasteiger partial charge on any atom is -0.391 e. The second-order valence-electron chi connectivity index (χ2n) is 29.0. The zero-order valence-electron chi connectivity index (χ0n) is 61.5. The van der Waals surface area contributed by atoms with E-state index in [1.54, 1.807) is 45.0 Å². The molecule has 25 nitrogen and oxygen atoms in total. The molecule has 25 heteroatoms. The quantitative estimate of drug-likeness (QED) is 0.0912. The fraction of sp³-hybridized carbons (Fsp3) is 0.757. The molecule has 1 aliphatic heterocycles. The molecule has 1 aliphatic rings. The van der Waals surface area contributed by atoms with E-state index in [-0.39, 0.29) is 68.3 Å². The lowest BCUT2D eigenvalue weighted by atomic mass is 9.90. The van der Waals surface area contributed by atoms with Crippen molar-refractivity contribution in [2.45, 2.75) is 254 Å². The number of likely N-dealkylation sites (N-methyl/N-ethyl adjacent to an activating group) is 6. The lowest BCUT2D eigenvalue weighted by Crippen LogP contribution is -2.65. The van der Waals surface area contributed by atoms with E-state index in [1.165, 1.54) is 82.7 Å². The Balaban J connectivity index is 3.13. The van der Waals surface area contributed by atoms with Crippen LogP contribution in [0.3, 0.4) is 0 Å². The van der Waals surface area contributed by atoms with Crippen LogP contribution in [0.5, 0.6) is 0 Å². The van der Waals surface area contributed by atoms with Gasteiger partial charge in [-0.05, 0) is 106 Å². The van der Waals surface area contributed by atoms with E-state index in [9.17, 15) is 34.2 Å². The molecule has 14 atom stereocenters. The third-order valence-corrected chi connectivity index (χ3v) is 17.7. The van der Waals surface area contributed by atoms with Gasteiger partial charge < -0.3 is 70.9 Å². The Morgan fingerprint density at radius 2 is 0.832 bits per heavy atom. The van der Waals surface area contributed by atoms with Gasteiger partial charge in [0.05, 0.1) is 25.4 Å². The van der Waals surface area contributed by atoms with Crippen LogP contribution in [-0.2, 0) is 64.1 Å². The van der Waals surface area contributed by atoms with E-state index in [0.29, 0.717) is 12.8 Å². The molecule has 0 saturated carbocycles. The normalized spacial score (nSPS) is 26.2. The van der Waals surface area contributed by atoms with Gasteiger partial charge in [-0.25, -0.2) is 0 Å². The third-order valence-electron chi connectivity index (χ3n) is 17.7. The molecule has 1 fully saturated rings. The molecule has 2 rings (SSSR count). The first-order chi connectivity index (χ1) is 44.1. The minimum atomic E-state index is -1.83. The van der Waals surface area contributed by atoms with Crippen LogP contribution in [0.25, 0.3) is 0 Å². The predicted octanol–water partition coefficient (Wildman–Crippen LogP) is 4.10. The van der Waals surface area contributed by atoms with Gasteiger partial charge in [-0.15, -0.1) is 0 Å². The molecule has 0 aliphatic carbocycles. The van der Waals surface area contributed by atoms with Crippen LogP contribution in [0.4, 0.5) is 0 Å². The Bertz CT molecular complexity index is 2690. The van der Waals surface area contributed by atoms with Gasteiger partial charge >= 0.3 is 0 Å². The molecule has 0 aromatic heterocycles. The van der Waals surface area contributed by atoms with Gasteiger partial charge in [-0.1, -0.05) is 140 Å². The van der Waals surface area contributed by atoms with E-state index >= 15 is 28.8 Å². The second kappa shape index (κ2) is 39.5. The molecular weight excluding hydrogens is 1220 g/mol. The average molecular weight is 1340 g/mol. The number of rotatable bonds is 21. The minimum absolute atomic E-state index is 0.0187. The van der Waals surface area contributed by atoms with Crippen molar-refractivity contribution < 1.29 is 67.7 Å². The van der Waals surface area contributed by atoms with E-state index in [1.807, 2.05) is 82.2 Å². The molecule has 1 saturated heterocycles. The number of aliphatic hydroxyl groups is 2. The van der Waals surface area contributed by atoms with Gasteiger partial charge in [-0.2, -0.15) is 0 Å². The van der Waals surface area contributed by atoms with Gasteiger partial charge in [-0.3, -0.25) is 52.7 Å². The SMILES string of the molecule is CCCC[C@@H](C)[C@@H](O)[C@H]1C(=O)N[C@@H]([C@@H](C)O)C(=O)N(C)[C@H](COCc2ccccc2)C(=O)N(C)[C@@H](CC(C)C)C(=O)N[C@@H](CC(C)C)C(=O)N(C)[C@@H](CC(C)C)C(=O)N[C@@H](C)C(=O)N[C@H](C)C(=O)N(C)[C@@H](CC(C)C)C(=O)N[C@@H](CC(C)C)C(=O)N(C)[C@H](C(C)C)C(=O)N1C. The van der Waals surface area contributed by atoms with Crippen LogP contribution >= 0.6 is 0 Å². The molecule has 7 N–H and O–H groups in total. The number of unbranched alkanes of at least 4 members (excludes halogenated alkanes) is 1. The zero-order valence-corrected chi connectivity index (χ0v) is 61.5. The molecule has 1 aromatic carbocycles. The highest BCUT2D eigenvalue weighted by Gasteiger charge is 2.46. The lowest BCUT2D eigenvalue weighted by molar-refractivity contribution is -0.156. The number of ether oxygens (including phenoxy) is 1. The first kappa shape index (κ1) is 84.4. The Kier molecular flexibility index (Phi) is 35.1. The number of aliphatic hydroxyl groups excluding tert-OH is 2. The summed E-state index contributed by atoms with van der Waals surface area (Å²) < 4.78 is 6.17. The number of hydrogen-bond acceptors (Lipinski definition) is 14. The maximum atomic E-state index is 15.4. The number of hydrogen-bond donors (Lipinski definition) is 7. The largest absolute Gasteiger partial charge is 0.391 e. The Labute approximate surface area is 567 Å². The standard InChI is InChI=1S/C70H121N11O14/c1-24-25-29-45(14)59(83)58-64(88)75-56(48(17)82)69(93)79(21)55(38-95-37-49-30-27-26-28-31-49)68(92)78(20)54(36-43(10)11)63(87)73-50(32-39(2)3)66(90)77(19)52(34-41(6)7)61(85)71-46(15)60(84)72-47(16)65(89)76(18)53(35-42(8)9)62(86)74-51(33-40(4)5)67(91)80(22)57(44(12)13)70(94)81(58)23/h26-28,30-31,39-48,50-59,82-83H,24-25,29,32-38H2,1-23H3,(H,71,85)(H,72,84)(H,73,87)(H,74,86)(H,75,88)/t45-,46+,47-,48-,50+,51+,52+,53+,54+,55-,56+,57-,58+,59-/m1/s1. The smallest absolute Gasteiger partial charge is 0.248 e. The number of nitrogens with one attached hydrogen (secondary N) is 5. The van der Waals surface area contributed by atoms with Crippen LogP contribution in [0.15, 0.2) is 30.3 Å². The summed E-state index contributed by atoms with van der Waals surface area (Å²) in [6.07, 6.45) is -0.966. The van der Waals surface area contributed by atoms with Crippen molar-refractivity contribution in [2.24, 2.45) is 41.4 Å². The van der Waals surface area contributed by atoms with E-state index < -0.39 is 162 Å². The Morgan fingerprint density at radius 3 is 1.26 bits per heavy atom. The van der Waals surface area contributed by atoms with E-state index in [0.717, 1.165) is 21.8 Å². The molecule has 11 amide bonds. The van der Waals surface area contributed by atoms with Crippen LogP contribution < -0.4 is 26.6 Å². The summed E-state index contributed by atoms with van der Waals surface area (Å²) in [5.41, 5.74) is 0.728. The number of benzene rings is 1. The number of nitrogens with zero attached hydrogens (tertiary/aromatic N) is 6. The maximum absolute atomic E-state index is 15.4. The lowest BCUT2D eigenvalue weighted by Gasteiger charge is -2.40. The van der Waals surface area contributed by atoms with Crippen molar-refractivity contribution in [3.63, 3.8) is 0 Å². The Hall–Kier alpha value is -6.73. The summed E-state index contributed by atoms with van der Waals surface area (Å²) in [5, 5.41) is 37.7. The van der Waals surface area contributed by atoms with Gasteiger partial charge in [0.1, 0.15) is 66.5 Å². The molecule has 0 unspecified atom stereocenters. The molecule has 0 bridgehead atoms. The first-order valence-electron chi connectivity index (χ1n) is 34.2. The topological polar surface area (TPSA) is 317 Å². The Morgan fingerprint density at radius 1 is 0.432 bits per heavy atom. The van der Waals surface area contributed by atoms with Crippen molar-refractivity contribution in [2.75, 3.05) is 48.9 Å². The fourth-order valence-corrected chi connectivity index (χ4v) is 12.0. The van der Waals surface area contributed by atoms with Gasteiger partial charge in [0.2, 0.25) is 65.0 Å². The number of carbonyl (C=O) groups is 11. The molecule has 540 valence electrons. The summed E-state index contributed by atoms with van der Waals surface area (Å²) in [7, 11) is 8.21. The zero-order chi connectivity index (χ0) is 72.8. The van der Waals surface area contributed by atoms with Crippen LogP contribution in [0, 0.1) is 41.4 Å². The maximum Gasteiger partial charge on any atom is 0.248 e. The predicted molar refractivity (Wildman–Crippen MR) is 365 cm³/mol. The van der Waals surface area contributed by atoms with E-state index in [4.69, 9.17) is 4.74 Å². The molecule has 1 heterocycles. The molecular formula is C70H121N11O14. The van der Waals surface area contributed by atoms with E-state index in [2.05, 4.69) is 26.6 Å². The average Bonchev–Trinajstić information content (AvgIpc) is 0.817. The van der Waals surface area contributed by atoms with Gasteiger partial charge in [0.25, 0.3) is 0 Å². The second-order valence-corrected chi connectivity index (χ2v) is 29.0. The monoisotopic (exact) mass is 1340 g/mol. The van der Waals surface area contributed by atoms with Crippen molar-refractivity contribution in [3.05, 3.63) is 35.9 Å². The molecule has 0 radical (unpaired) electrons. The molecule has 95 heavy (non-hydrogen) atoms. The highest BCUT2D eigenvalue weighted by molar-refractivity contribution is 6.00. The summed E-state index contributed by atoms with van der Waals surface area (Å²) in [5.74, 6) is -10.7. The number of carbonyl (C=O) groups excluding carboxylic acids is 11. The van der Waals surface area contributed by atoms with Crippen LogP contribution in [-0.4, -0.2) is 232 Å². The summed E-state index contributed by atoms with van der Waals surface area (Å²) in [6, 6.07) is -6.07.